The van der Waals surface area contributed by atoms with Crippen LogP contribution in [-0.2, 0) is 11.2 Å². The molecule has 1 aliphatic rings. The number of benzene rings is 1. The number of allylic oxidation sites excluding steroid dienone is 1. The zero-order valence-electron chi connectivity index (χ0n) is 12.2. The van der Waals surface area contributed by atoms with E-state index >= 15 is 0 Å². The fourth-order valence-electron chi connectivity index (χ4n) is 1.57. The van der Waals surface area contributed by atoms with Crippen LogP contribution in [0.5, 0.6) is 0 Å². The Morgan fingerprint density at radius 2 is 1.84 bits per heavy atom. The van der Waals surface area contributed by atoms with Crippen molar-refractivity contribution in [2.45, 2.75) is 44.8 Å². The summed E-state index contributed by atoms with van der Waals surface area (Å²) in [6.45, 7) is 9.25. The molecule has 0 atom stereocenters. The van der Waals surface area contributed by atoms with Crippen molar-refractivity contribution < 1.29 is 4.79 Å². The molecule has 1 amide bonds. The van der Waals surface area contributed by atoms with Gasteiger partial charge in [-0.1, -0.05) is 50.3 Å². The molecule has 0 saturated heterocycles. The molecule has 1 aromatic carbocycles. The van der Waals surface area contributed by atoms with Crippen LogP contribution < -0.4 is 4.72 Å². The van der Waals surface area contributed by atoms with E-state index in [0.29, 0.717) is 0 Å². The molecule has 0 aromatic heterocycles. The first-order valence-electron chi connectivity index (χ1n) is 6.74. The van der Waals surface area contributed by atoms with Gasteiger partial charge in [0.15, 0.2) is 0 Å². The second-order valence-corrected chi connectivity index (χ2v) is 5.40. The monoisotopic (exact) mass is 279 g/mol. The van der Waals surface area contributed by atoms with Gasteiger partial charge >= 0.3 is 0 Å². The molecule has 0 radical (unpaired) electrons. The van der Waals surface area contributed by atoms with Crippen LogP contribution in [0.1, 0.15) is 39.2 Å². The van der Waals surface area contributed by atoms with Crippen molar-refractivity contribution in [2.75, 3.05) is 0 Å². The molecular formula is C16H25NOS. The molecule has 0 aliphatic heterocycles. The van der Waals surface area contributed by atoms with Crippen LogP contribution in [0.2, 0.25) is 0 Å². The minimum absolute atomic E-state index is 0.280. The summed E-state index contributed by atoms with van der Waals surface area (Å²) in [6.07, 6.45) is 5.97. The number of hydrogen-bond donors (Lipinski definition) is 1. The van der Waals surface area contributed by atoms with E-state index in [4.69, 9.17) is 0 Å². The van der Waals surface area contributed by atoms with E-state index in [0.717, 1.165) is 12.8 Å². The average Bonchev–Trinajstić information content (AvgIpc) is 3.21. The van der Waals surface area contributed by atoms with Crippen molar-refractivity contribution in [3.8, 4) is 0 Å². The molecule has 1 aliphatic carbocycles. The Labute approximate surface area is 121 Å². The number of nitrogens with one attached hydrogen (secondary N) is 1. The molecule has 0 spiro atoms. The maximum Gasteiger partial charge on any atom is 0.216 e. The van der Waals surface area contributed by atoms with Crippen molar-refractivity contribution in [1.29, 1.82) is 0 Å². The van der Waals surface area contributed by atoms with Crippen molar-refractivity contribution in [1.82, 2.24) is 4.72 Å². The van der Waals surface area contributed by atoms with E-state index in [1.807, 2.05) is 26.8 Å². The van der Waals surface area contributed by atoms with E-state index in [1.165, 1.54) is 18.4 Å². The van der Waals surface area contributed by atoms with Gasteiger partial charge in [0.2, 0.25) is 6.41 Å². The minimum Gasteiger partial charge on any atom is -0.302 e. The predicted molar refractivity (Wildman–Crippen MR) is 86.1 cm³/mol. The predicted octanol–water partition coefficient (Wildman–Crippen LogP) is 4.37. The second-order valence-electron chi connectivity index (χ2n) is 4.09. The van der Waals surface area contributed by atoms with Gasteiger partial charge in [-0.3, -0.25) is 4.79 Å². The van der Waals surface area contributed by atoms with Crippen LogP contribution in [-0.4, -0.2) is 11.2 Å². The van der Waals surface area contributed by atoms with E-state index in [9.17, 15) is 4.79 Å². The molecule has 0 unspecified atom stereocenters. The Morgan fingerprint density at radius 3 is 2.26 bits per heavy atom. The number of amides is 1. The summed E-state index contributed by atoms with van der Waals surface area (Å²) in [7, 11) is 0. The minimum atomic E-state index is 0.280. The summed E-state index contributed by atoms with van der Waals surface area (Å²) in [5, 5.41) is 0. The maximum absolute atomic E-state index is 10.2. The molecule has 0 heterocycles. The number of carbonyl (C=O) groups is 1. The highest BCUT2D eigenvalue weighted by atomic mass is 32.2. The summed E-state index contributed by atoms with van der Waals surface area (Å²) in [5.41, 5.74) is 1.35. The standard InChI is InChI=1S/C11H13NOS.C3H6.C2H6/c13-9-12-14-11(6-7-11)8-10-4-2-1-3-5-10;1-3-2;1-2/h1-5,9H,6-8H2,(H,12,13);3H,1H2,2H3;1-2H3. The maximum atomic E-state index is 10.2. The van der Waals surface area contributed by atoms with Gasteiger partial charge in [0, 0.05) is 4.75 Å². The van der Waals surface area contributed by atoms with Crippen LogP contribution in [0.25, 0.3) is 0 Å². The van der Waals surface area contributed by atoms with Crippen LogP contribution in [0, 0.1) is 0 Å². The first-order valence-corrected chi connectivity index (χ1v) is 7.56. The quantitative estimate of drug-likeness (QED) is 0.492. The molecule has 106 valence electrons. The van der Waals surface area contributed by atoms with E-state index in [-0.39, 0.29) is 4.75 Å². The summed E-state index contributed by atoms with van der Waals surface area (Å²) >= 11 is 1.57. The summed E-state index contributed by atoms with van der Waals surface area (Å²) in [6, 6.07) is 10.4. The normalized spacial score (nSPS) is 13.8. The van der Waals surface area contributed by atoms with Crippen LogP contribution in [0.3, 0.4) is 0 Å². The van der Waals surface area contributed by atoms with Gasteiger partial charge in [-0.25, -0.2) is 0 Å². The second kappa shape index (κ2) is 10.7. The van der Waals surface area contributed by atoms with Crippen LogP contribution in [0.4, 0.5) is 0 Å². The number of carbonyl (C=O) groups excluding carboxylic acids is 1. The van der Waals surface area contributed by atoms with Gasteiger partial charge in [0.1, 0.15) is 0 Å². The molecule has 2 nitrogen and oxygen atoms in total. The lowest BCUT2D eigenvalue weighted by Crippen LogP contribution is -2.14. The molecule has 1 aromatic rings. The largest absolute Gasteiger partial charge is 0.302 e. The summed E-state index contributed by atoms with van der Waals surface area (Å²) < 4.78 is 2.99. The lowest BCUT2D eigenvalue weighted by atomic mass is 10.1. The first-order chi connectivity index (χ1) is 9.26. The Balaban J connectivity index is 0.000000573. The fourth-order valence-corrected chi connectivity index (χ4v) is 2.41. The SMILES string of the molecule is C=CC.CC.O=CNSC1(Cc2ccccc2)CC1. The third-order valence-corrected chi connectivity index (χ3v) is 3.70. The molecule has 1 fully saturated rings. The van der Waals surface area contributed by atoms with Crippen LogP contribution >= 0.6 is 11.9 Å². The Kier molecular flexibility index (Phi) is 9.99. The molecule has 1 saturated carbocycles. The molecular weight excluding hydrogens is 254 g/mol. The number of hydrogen-bond acceptors (Lipinski definition) is 2. The smallest absolute Gasteiger partial charge is 0.216 e. The highest BCUT2D eigenvalue weighted by molar-refractivity contribution is 7.99. The van der Waals surface area contributed by atoms with Gasteiger partial charge in [-0.2, -0.15) is 0 Å². The third kappa shape index (κ3) is 7.73. The highest BCUT2D eigenvalue weighted by Gasteiger charge is 2.43. The zero-order valence-corrected chi connectivity index (χ0v) is 13.0. The van der Waals surface area contributed by atoms with Crippen molar-refractivity contribution in [3.63, 3.8) is 0 Å². The van der Waals surface area contributed by atoms with Gasteiger partial charge < -0.3 is 4.72 Å². The lowest BCUT2D eigenvalue weighted by Gasteiger charge is -2.12. The van der Waals surface area contributed by atoms with Gasteiger partial charge in [-0.05, 0) is 43.7 Å². The Hall–Kier alpha value is -1.22. The van der Waals surface area contributed by atoms with Gasteiger partial charge in [-0.15, -0.1) is 6.58 Å². The van der Waals surface area contributed by atoms with Gasteiger partial charge in [0.05, 0.1) is 0 Å². The topological polar surface area (TPSA) is 29.1 Å². The van der Waals surface area contributed by atoms with E-state index in [2.05, 4.69) is 35.6 Å². The zero-order chi connectivity index (χ0) is 14.6. The molecule has 0 bridgehead atoms. The van der Waals surface area contributed by atoms with Crippen LogP contribution in [0.15, 0.2) is 43.0 Å². The fraction of sp³-hybridized carbons (Fsp3) is 0.438. The summed E-state index contributed by atoms with van der Waals surface area (Å²) in [5.74, 6) is 0. The average molecular weight is 279 g/mol. The highest BCUT2D eigenvalue weighted by Crippen LogP contribution is 2.49. The molecule has 19 heavy (non-hydrogen) atoms. The van der Waals surface area contributed by atoms with Crippen molar-refractivity contribution in [3.05, 3.63) is 48.6 Å². The van der Waals surface area contributed by atoms with E-state index in [1.54, 1.807) is 18.0 Å². The Bertz CT molecular complexity index is 347. The van der Waals surface area contributed by atoms with Gasteiger partial charge in [0.25, 0.3) is 0 Å². The van der Waals surface area contributed by atoms with Crippen molar-refractivity contribution >= 4 is 18.4 Å². The molecule has 2 rings (SSSR count). The molecule has 1 N–H and O–H groups in total. The Morgan fingerprint density at radius 1 is 1.32 bits per heavy atom. The molecule has 3 heteroatoms. The number of rotatable bonds is 5. The summed E-state index contributed by atoms with van der Waals surface area (Å²) in [4.78, 5) is 10.2. The lowest BCUT2D eigenvalue weighted by molar-refractivity contribution is -0.107. The third-order valence-electron chi connectivity index (χ3n) is 2.50. The van der Waals surface area contributed by atoms with Crippen molar-refractivity contribution in [2.24, 2.45) is 0 Å². The first kappa shape index (κ1) is 17.8. The van der Waals surface area contributed by atoms with E-state index < -0.39 is 0 Å².